The number of benzene rings is 3. The molecule has 0 N–H and O–H groups in total. The Labute approximate surface area is 205 Å². The first-order valence-corrected chi connectivity index (χ1v) is 11.7. The van der Waals surface area contributed by atoms with Crippen molar-refractivity contribution in [2.75, 3.05) is 17.1 Å². The van der Waals surface area contributed by atoms with Crippen LogP contribution in [0.15, 0.2) is 89.1 Å². The van der Waals surface area contributed by atoms with Crippen LogP contribution in [-0.4, -0.2) is 28.8 Å². The number of rotatable bonds is 5. The molecule has 1 unspecified atom stereocenters. The molecule has 0 fully saturated rings. The highest BCUT2D eigenvalue weighted by Crippen LogP contribution is 2.54. The van der Waals surface area contributed by atoms with Gasteiger partial charge in [-0.3, -0.25) is 10.1 Å². The zero-order valence-electron chi connectivity index (χ0n) is 19.0. The lowest BCUT2D eigenvalue weighted by Crippen LogP contribution is -2.53. The number of non-ortho nitro benzene ring substituents is 1. The molecule has 1 atom stereocenters. The van der Waals surface area contributed by atoms with E-state index in [4.69, 9.17) is 9.84 Å². The largest absolute Gasteiger partial charge is 0.464 e. The number of nitro groups is 1. The van der Waals surface area contributed by atoms with Gasteiger partial charge >= 0.3 is 5.97 Å². The summed E-state index contributed by atoms with van der Waals surface area (Å²) in [4.78, 5) is 22.4. The molecule has 2 aliphatic heterocycles. The van der Waals surface area contributed by atoms with Crippen molar-refractivity contribution >= 4 is 45.5 Å². The first kappa shape index (κ1) is 22.6. The van der Waals surface area contributed by atoms with Crippen molar-refractivity contribution in [3.05, 3.63) is 100 Å². The Bertz CT molecular complexity index is 1360. The monoisotopic (exact) mass is 487 g/mol. The summed E-state index contributed by atoms with van der Waals surface area (Å²) >= 11 is 1.22. The fourth-order valence-corrected chi connectivity index (χ4v) is 5.53. The van der Waals surface area contributed by atoms with Gasteiger partial charge in [0.1, 0.15) is 0 Å². The molecule has 0 radical (unpaired) electrons. The van der Waals surface area contributed by atoms with E-state index in [0.717, 1.165) is 22.5 Å². The fraction of sp³-hybridized carbons (Fsp3) is 0.160. The normalized spacial score (nSPS) is 18.7. The molecule has 176 valence electrons. The Morgan fingerprint density at radius 1 is 0.971 bits per heavy atom. The molecule has 2 heterocycles. The van der Waals surface area contributed by atoms with Gasteiger partial charge in [0.15, 0.2) is 0 Å². The van der Waals surface area contributed by atoms with Gasteiger partial charge in [-0.25, -0.2) is 14.8 Å². The summed E-state index contributed by atoms with van der Waals surface area (Å²) in [6.07, 6.45) is 0.698. The van der Waals surface area contributed by atoms with Gasteiger partial charge in [-0.15, -0.1) is 0 Å². The molecule has 2 aliphatic rings. The third kappa shape index (κ3) is 3.62. The predicted molar refractivity (Wildman–Crippen MR) is 136 cm³/mol. The lowest BCUT2D eigenvalue weighted by Gasteiger charge is -2.47. The summed E-state index contributed by atoms with van der Waals surface area (Å²) in [7, 11) is 1.31. The van der Waals surface area contributed by atoms with E-state index in [1.807, 2.05) is 66.5 Å². The number of nitrogens with zero attached hydrogens (tertiary/aromatic N) is 5. The number of fused-ring (bicyclic) bond motifs is 2. The molecule has 0 amide bonds. The summed E-state index contributed by atoms with van der Waals surface area (Å²) in [6.45, 7) is 2.04. The molecule has 3 aromatic rings. The maximum Gasteiger partial charge on any atom is 0.365 e. The first-order valence-electron chi connectivity index (χ1n) is 10.9. The molecule has 10 heteroatoms. The van der Waals surface area contributed by atoms with E-state index < -0.39 is 15.9 Å². The summed E-state index contributed by atoms with van der Waals surface area (Å²) in [5.74, 6) is -0.574. The SMILES string of the molecule is CCC1=NN(c2ccccc2)C2(SC(C(=O)OC)=NN2c2ccc([N+](=O)[O-])cc2)c2ccccc21. The number of nitro benzene ring substituents is 1. The van der Waals surface area contributed by atoms with Gasteiger partial charge in [0.05, 0.1) is 29.1 Å². The minimum atomic E-state index is -1.11. The van der Waals surface area contributed by atoms with Crippen molar-refractivity contribution in [1.29, 1.82) is 0 Å². The Morgan fingerprint density at radius 3 is 2.26 bits per heavy atom. The number of ether oxygens (including phenoxy) is 1. The summed E-state index contributed by atoms with van der Waals surface area (Å²) in [5.41, 5.74) is 4.05. The second kappa shape index (κ2) is 8.88. The number of esters is 1. The molecule has 5 rings (SSSR count). The highest BCUT2D eigenvalue weighted by molar-refractivity contribution is 8.16. The van der Waals surface area contributed by atoms with Crippen LogP contribution < -0.4 is 10.0 Å². The standard InChI is InChI=1S/C25H21N5O4S/c1-3-22-20-11-7-8-12-21(20)25(28(26-22)17-9-5-4-6-10-17)29(27-23(35-25)24(31)34-2)18-13-15-19(16-14-18)30(32)33/h4-16H,3H2,1-2H3. The van der Waals surface area contributed by atoms with Crippen LogP contribution in [0.5, 0.6) is 0 Å². The maximum absolute atomic E-state index is 12.7. The number of anilines is 2. The molecule has 35 heavy (non-hydrogen) atoms. The average Bonchev–Trinajstić information content (AvgIpc) is 3.30. The van der Waals surface area contributed by atoms with Crippen LogP contribution in [0.2, 0.25) is 0 Å². The Hall–Kier alpha value is -4.18. The topological polar surface area (TPSA) is 101 Å². The molecule has 0 saturated heterocycles. The van der Waals surface area contributed by atoms with Crippen molar-refractivity contribution in [3.8, 4) is 0 Å². The van der Waals surface area contributed by atoms with Gasteiger partial charge in [0, 0.05) is 23.3 Å². The fourth-order valence-electron chi connectivity index (χ4n) is 4.22. The molecular formula is C25H21N5O4S. The second-order valence-corrected chi connectivity index (χ2v) is 8.95. The Morgan fingerprint density at radius 2 is 1.60 bits per heavy atom. The number of carbonyl (C=O) groups is 1. The molecule has 0 bridgehead atoms. The molecule has 1 spiro atoms. The van der Waals surface area contributed by atoms with Crippen molar-refractivity contribution in [2.24, 2.45) is 10.2 Å². The molecular weight excluding hydrogens is 466 g/mol. The third-order valence-electron chi connectivity index (χ3n) is 5.81. The number of methoxy groups -OCH3 is 1. The number of hydrogen-bond acceptors (Lipinski definition) is 9. The quantitative estimate of drug-likeness (QED) is 0.281. The number of para-hydroxylation sites is 1. The highest BCUT2D eigenvalue weighted by atomic mass is 32.2. The van der Waals surface area contributed by atoms with E-state index in [-0.39, 0.29) is 10.7 Å². The van der Waals surface area contributed by atoms with E-state index in [2.05, 4.69) is 5.10 Å². The number of thioether (sulfide) groups is 1. The van der Waals surface area contributed by atoms with Crippen LogP contribution in [0.3, 0.4) is 0 Å². The average molecular weight is 488 g/mol. The molecule has 0 aliphatic carbocycles. The van der Waals surface area contributed by atoms with E-state index in [9.17, 15) is 14.9 Å². The number of carbonyl (C=O) groups excluding carboxylic acids is 1. The lowest BCUT2D eigenvalue weighted by atomic mass is 9.96. The van der Waals surface area contributed by atoms with E-state index in [1.165, 1.54) is 31.0 Å². The molecule has 3 aromatic carbocycles. The summed E-state index contributed by atoms with van der Waals surface area (Å²) < 4.78 is 5.01. The lowest BCUT2D eigenvalue weighted by molar-refractivity contribution is -0.384. The minimum Gasteiger partial charge on any atom is -0.464 e. The van der Waals surface area contributed by atoms with E-state index in [0.29, 0.717) is 12.1 Å². The summed E-state index contributed by atoms with van der Waals surface area (Å²) in [6, 6.07) is 23.6. The van der Waals surface area contributed by atoms with Gasteiger partial charge in [0.25, 0.3) is 5.69 Å². The predicted octanol–water partition coefficient (Wildman–Crippen LogP) is 5.08. The van der Waals surface area contributed by atoms with Crippen molar-refractivity contribution in [2.45, 2.75) is 18.3 Å². The van der Waals surface area contributed by atoms with Crippen LogP contribution >= 0.6 is 11.8 Å². The van der Waals surface area contributed by atoms with Crippen LogP contribution in [0.4, 0.5) is 17.1 Å². The smallest absolute Gasteiger partial charge is 0.365 e. The van der Waals surface area contributed by atoms with Gasteiger partial charge in [-0.1, -0.05) is 49.4 Å². The van der Waals surface area contributed by atoms with Crippen LogP contribution in [0.25, 0.3) is 0 Å². The van der Waals surface area contributed by atoms with Gasteiger partial charge in [-0.05, 0) is 42.4 Å². The molecule has 9 nitrogen and oxygen atoms in total. The van der Waals surface area contributed by atoms with Gasteiger partial charge < -0.3 is 4.74 Å². The minimum absolute atomic E-state index is 0.0397. The van der Waals surface area contributed by atoms with Crippen LogP contribution in [0.1, 0.15) is 24.5 Å². The number of hydrogen-bond donors (Lipinski definition) is 0. The zero-order valence-corrected chi connectivity index (χ0v) is 19.8. The summed E-state index contributed by atoms with van der Waals surface area (Å²) in [5, 5.41) is 24.7. The first-order chi connectivity index (χ1) is 17.0. The zero-order chi connectivity index (χ0) is 24.6. The second-order valence-electron chi connectivity index (χ2n) is 7.79. The van der Waals surface area contributed by atoms with Crippen molar-refractivity contribution in [1.82, 2.24) is 0 Å². The Kier molecular flexibility index (Phi) is 5.73. The number of hydrazone groups is 2. The van der Waals surface area contributed by atoms with Gasteiger partial charge in [0.2, 0.25) is 10.0 Å². The molecule has 0 aromatic heterocycles. The maximum atomic E-state index is 12.7. The molecule has 0 saturated carbocycles. The van der Waals surface area contributed by atoms with E-state index >= 15 is 0 Å². The Balaban J connectivity index is 1.79. The van der Waals surface area contributed by atoms with Crippen molar-refractivity contribution in [3.63, 3.8) is 0 Å². The van der Waals surface area contributed by atoms with Crippen molar-refractivity contribution < 1.29 is 14.5 Å². The van der Waals surface area contributed by atoms with Crippen LogP contribution in [-0.2, 0) is 14.5 Å². The van der Waals surface area contributed by atoms with E-state index in [1.54, 1.807) is 17.1 Å². The third-order valence-corrected chi connectivity index (χ3v) is 7.11. The van der Waals surface area contributed by atoms with Crippen LogP contribution in [0, 0.1) is 10.1 Å². The highest BCUT2D eigenvalue weighted by Gasteiger charge is 2.56. The van der Waals surface area contributed by atoms with Gasteiger partial charge in [-0.2, -0.15) is 10.2 Å².